The fourth-order valence-electron chi connectivity index (χ4n) is 4.10. The van der Waals surface area contributed by atoms with E-state index in [1.165, 1.54) is 7.11 Å². The Kier molecular flexibility index (Phi) is 5.31. The molecule has 0 saturated carbocycles. The van der Waals surface area contributed by atoms with Crippen LogP contribution >= 0.6 is 0 Å². The van der Waals surface area contributed by atoms with Crippen molar-refractivity contribution < 1.29 is 18.7 Å². The first-order chi connectivity index (χ1) is 16.1. The normalized spacial score (nSPS) is 11.1. The second kappa shape index (κ2) is 8.43. The Hall–Kier alpha value is -4.12. The molecule has 33 heavy (non-hydrogen) atoms. The van der Waals surface area contributed by atoms with Gasteiger partial charge in [-0.3, -0.25) is 0 Å². The van der Waals surface area contributed by atoms with Crippen LogP contribution in [0.2, 0.25) is 0 Å². The summed E-state index contributed by atoms with van der Waals surface area (Å²) in [6, 6.07) is 23.3. The van der Waals surface area contributed by atoms with Crippen LogP contribution in [0.5, 0.6) is 5.75 Å². The summed E-state index contributed by atoms with van der Waals surface area (Å²) in [7, 11) is 1.38. The summed E-state index contributed by atoms with van der Waals surface area (Å²) in [5.74, 6) is 0.770. The SMILES string of the molecule is COC(=O)c1cc(-c2oc3ccccc3c2C)nc2c(C)ccc(OCc3ccccc3)c12. The van der Waals surface area contributed by atoms with E-state index in [4.69, 9.17) is 18.9 Å². The number of pyridine rings is 1. The molecule has 0 aliphatic carbocycles. The van der Waals surface area contributed by atoms with Crippen molar-refractivity contribution in [2.45, 2.75) is 20.5 Å². The van der Waals surface area contributed by atoms with Crippen LogP contribution in [-0.2, 0) is 11.3 Å². The Labute approximate surface area is 191 Å². The maximum Gasteiger partial charge on any atom is 0.338 e. The summed E-state index contributed by atoms with van der Waals surface area (Å²) in [6.07, 6.45) is 0. The zero-order chi connectivity index (χ0) is 22.9. The Morgan fingerprint density at radius 1 is 0.970 bits per heavy atom. The van der Waals surface area contributed by atoms with E-state index in [0.29, 0.717) is 40.3 Å². The number of benzene rings is 3. The van der Waals surface area contributed by atoms with Crippen LogP contribution in [-0.4, -0.2) is 18.1 Å². The lowest BCUT2D eigenvalue weighted by Crippen LogP contribution is -2.06. The number of ether oxygens (including phenoxy) is 2. The second-order valence-corrected chi connectivity index (χ2v) is 7.98. The molecular formula is C28H23NO4. The van der Waals surface area contributed by atoms with Gasteiger partial charge in [-0.2, -0.15) is 0 Å². The summed E-state index contributed by atoms with van der Waals surface area (Å²) < 4.78 is 17.4. The number of fused-ring (bicyclic) bond motifs is 2. The molecule has 0 amide bonds. The third-order valence-corrected chi connectivity index (χ3v) is 5.84. The highest BCUT2D eigenvalue weighted by Gasteiger charge is 2.22. The van der Waals surface area contributed by atoms with Crippen molar-refractivity contribution in [3.8, 4) is 17.2 Å². The minimum Gasteiger partial charge on any atom is -0.488 e. The molecule has 2 aromatic heterocycles. The van der Waals surface area contributed by atoms with E-state index in [9.17, 15) is 4.79 Å². The molecule has 0 fully saturated rings. The molecule has 5 rings (SSSR count). The summed E-state index contributed by atoms with van der Waals surface area (Å²) in [5, 5.41) is 1.65. The molecule has 0 radical (unpaired) electrons. The number of aromatic nitrogens is 1. The van der Waals surface area contributed by atoms with E-state index >= 15 is 0 Å². The van der Waals surface area contributed by atoms with Crippen LogP contribution < -0.4 is 4.74 Å². The van der Waals surface area contributed by atoms with Gasteiger partial charge in [-0.05, 0) is 43.2 Å². The molecular weight excluding hydrogens is 414 g/mol. The van der Waals surface area contributed by atoms with Crippen LogP contribution in [0.25, 0.3) is 33.3 Å². The van der Waals surface area contributed by atoms with Gasteiger partial charge in [0.25, 0.3) is 0 Å². The first kappa shape index (κ1) is 20.8. The molecule has 0 unspecified atom stereocenters. The largest absolute Gasteiger partial charge is 0.488 e. The van der Waals surface area contributed by atoms with E-state index in [1.54, 1.807) is 6.07 Å². The van der Waals surface area contributed by atoms with Gasteiger partial charge in [0.05, 0.1) is 23.6 Å². The molecule has 0 spiro atoms. The van der Waals surface area contributed by atoms with Crippen LogP contribution in [0, 0.1) is 13.8 Å². The first-order valence-electron chi connectivity index (χ1n) is 10.7. The predicted octanol–water partition coefficient (Wildman–Crippen LogP) is 6.63. The molecule has 0 N–H and O–H groups in total. The van der Waals surface area contributed by atoms with Gasteiger partial charge in [0.2, 0.25) is 0 Å². The van der Waals surface area contributed by atoms with Gasteiger partial charge in [-0.1, -0.05) is 54.6 Å². The van der Waals surface area contributed by atoms with Gasteiger partial charge in [0.15, 0.2) is 5.76 Å². The lowest BCUT2D eigenvalue weighted by molar-refractivity contribution is 0.0602. The van der Waals surface area contributed by atoms with Crippen molar-refractivity contribution in [1.82, 2.24) is 4.98 Å². The average Bonchev–Trinajstić information content (AvgIpc) is 3.20. The standard InChI is InChI=1S/C28H23NO4/c1-17-13-14-24(32-16-19-9-5-4-6-10-19)25-21(28(30)31-3)15-22(29-26(17)25)27-18(2)20-11-7-8-12-23(20)33-27/h4-15H,16H2,1-3H3. The number of methoxy groups -OCH3 is 1. The summed E-state index contributed by atoms with van der Waals surface area (Å²) in [6.45, 7) is 4.34. The number of nitrogens with zero attached hydrogens (tertiary/aromatic N) is 1. The molecule has 164 valence electrons. The predicted molar refractivity (Wildman–Crippen MR) is 129 cm³/mol. The quantitative estimate of drug-likeness (QED) is 0.289. The number of esters is 1. The number of furan rings is 1. The molecule has 0 aliphatic heterocycles. The Balaban J connectivity index is 1.70. The zero-order valence-corrected chi connectivity index (χ0v) is 18.7. The molecule has 5 aromatic rings. The molecule has 0 bridgehead atoms. The van der Waals surface area contributed by atoms with Crippen LogP contribution in [0.3, 0.4) is 0 Å². The maximum atomic E-state index is 12.9. The second-order valence-electron chi connectivity index (χ2n) is 7.98. The Morgan fingerprint density at radius 2 is 1.73 bits per heavy atom. The van der Waals surface area contributed by atoms with Crippen molar-refractivity contribution in [3.05, 3.63) is 95.1 Å². The van der Waals surface area contributed by atoms with Crippen molar-refractivity contribution >= 4 is 27.8 Å². The van der Waals surface area contributed by atoms with Crippen molar-refractivity contribution in [1.29, 1.82) is 0 Å². The molecule has 5 nitrogen and oxygen atoms in total. The van der Waals surface area contributed by atoms with Crippen molar-refractivity contribution in [2.24, 2.45) is 0 Å². The monoisotopic (exact) mass is 437 g/mol. The van der Waals surface area contributed by atoms with E-state index in [0.717, 1.165) is 27.7 Å². The number of aryl methyl sites for hydroxylation is 2. The lowest BCUT2D eigenvalue weighted by Gasteiger charge is -2.15. The first-order valence-corrected chi connectivity index (χ1v) is 10.7. The fraction of sp³-hybridized carbons (Fsp3) is 0.143. The summed E-state index contributed by atoms with van der Waals surface area (Å²) in [4.78, 5) is 17.8. The number of hydrogen-bond donors (Lipinski definition) is 0. The third-order valence-electron chi connectivity index (χ3n) is 5.84. The number of carbonyl (C=O) groups excluding carboxylic acids is 1. The van der Waals surface area contributed by atoms with Gasteiger partial charge in [0.1, 0.15) is 23.6 Å². The Morgan fingerprint density at radius 3 is 2.48 bits per heavy atom. The zero-order valence-electron chi connectivity index (χ0n) is 18.7. The molecule has 0 saturated heterocycles. The minimum atomic E-state index is -0.451. The van der Waals surface area contributed by atoms with Crippen LogP contribution in [0.1, 0.15) is 27.0 Å². The minimum absolute atomic E-state index is 0.379. The number of rotatable bonds is 5. The highest BCUT2D eigenvalue weighted by atomic mass is 16.5. The lowest BCUT2D eigenvalue weighted by atomic mass is 10.0. The average molecular weight is 437 g/mol. The maximum absolute atomic E-state index is 12.9. The van der Waals surface area contributed by atoms with E-state index in [-0.39, 0.29) is 0 Å². The fourth-order valence-corrected chi connectivity index (χ4v) is 4.10. The third kappa shape index (κ3) is 3.72. The summed E-state index contributed by atoms with van der Waals surface area (Å²) in [5.41, 5.74) is 5.37. The van der Waals surface area contributed by atoms with E-state index < -0.39 is 5.97 Å². The topological polar surface area (TPSA) is 61.6 Å². The van der Waals surface area contributed by atoms with Crippen molar-refractivity contribution in [3.63, 3.8) is 0 Å². The smallest absolute Gasteiger partial charge is 0.338 e. The Bertz CT molecular complexity index is 1480. The summed E-state index contributed by atoms with van der Waals surface area (Å²) >= 11 is 0. The van der Waals surface area contributed by atoms with Crippen LogP contribution in [0.4, 0.5) is 0 Å². The van der Waals surface area contributed by atoms with Gasteiger partial charge in [-0.15, -0.1) is 0 Å². The van der Waals surface area contributed by atoms with E-state index in [1.807, 2.05) is 80.6 Å². The van der Waals surface area contributed by atoms with Gasteiger partial charge >= 0.3 is 5.97 Å². The van der Waals surface area contributed by atoms with Gasteiger partial charge < -0.3 is 13.9 Å². The molecule has 0 aliphatic rings. The van der Waals surface area contributed by atoms with Crippen LogP contribution in [0.15, 0.2) is 77.2 Å². The highest BCUT2D eigenvalue weighted by Crippen LogP contribution is 2.37. The van der Waals surface area contributed by atoms with E-state index in [2.05, 4.69) is 0 Å². The van der Waals surface area contributed by atoms with Crippen molar-refractivity contribution in [2.75, 3.05) is 7.11 Å². The number of carbonyl (C=O) groups is 1. The molecule has 0 atom stereocenters. The molecule has 5 heteroatoms. The van der Waals surface area contributed by atoms with Gasteiger partial charge in [0, 0.05) is 10.9 Å². The molecule has 3 aromatic carbocycles. The number of para-hydroxylation sites is 1. The number of hydrogen-bond acceptors (Lipinski definition) is 5. The highest BCUT2D eigenvalue weighted by molar-refractivity contribution is 6.08. The molecule has 2 heterocycles. The van der Waals surface area contributed by atoms with Gasteiger partial charge in [-0.25, -0.2) is 9.78 Å².